The molecule has 1 aliphatic carbocycles. The number of nitrogens with one attached hydrogen (secondary N) is 2. The third-order valence-corrected chi connectivity index (χ3v) is 5.52. The van der Waals surface area contributed by atoms with Crippen LogP contribution in [0.25, 0.3) is 0 Å². The standard InChI is InChI=1S/C13H13ClF3NO3.C7H13N/c14-9-3-1-8(2-4-12(20)21)7-10(9)18-11(19)5-6-13(15,16)17;1-2-7(1)3-5-8-6-4-7/h1,3,7H,2,4-6H2,(H,18,19)(H,20,21);8H,1-6H2. The Morgan fingerprint density at radius 2 is 1.79 bits per heavy atom. The summed E-state index contributed by atoms with van der Waals surface area (Å²) < 4.78 is 36.0. The number of hydrogen-bond acceptors (Lipinski definition) is 3. The van der Waals surface area contributed by atoms with Crippen molar-refractivity contribution in [3.63, 3.8) is 0 Å². The molecule has 0 aromatic heterocycles. The molecule has 5 nitrogen and oxygen atoms in total. The van der Waals surface area contributed by atoms with Gasteiger partial charge in [-0.15, -0.1) is 0 Å². The van der Waals surface area contributed by atoms with Crippen molar-refractivity contribution in [3.05, 3.63) is 28.8 Å². The minimum absolute atomic E-state index is 0.0942. The summed E-state index contributed by atoms with van der Waals surface area (Å²) in [5.41, 5.74) is 1.66. The van der Waals surface area contributed by atoms with Crippen LogP contribution >= 0.6 is 11.6 Å². The maximum atomic E-state index is 12.0. The summed E-state index contributed by atoms with van der Waals surface area (Å²) in [4.78, 5) is 21.9. The summed E-state index contributed by atoms with van der Waals surface area (Å²) in [5.74, 6) is -1.77. The quantitative estimate of drug-likeness (QED) is 0.601. The van der Waals surface area contributed by atoms with E-state index in [0.29, 0.717) is 5.56 Å². The zero-order valence-electron chi connectivity index (χ0n) is 16.1. The first kappa shape index (κ1) is 23.5. The Labute approximate surface area is 173 Å². The van der Waals surface area contributed by atoms with Gasteiger partial charge in [0.05, 0.1) is 17.1 Å². The molecule has 1 aromatic carbocycles. The normalized spacial score (nSPS) is 17.2. The van der Waals surface area contributed by atoms with Crippen LogP contribution in [0.1, 0.15) is 50.5 Å². The number of amides is 1. The molecule has 1 saturated heterocycles. The molecule has 1 spiro atoms. The van der Waals surface area contributed by atoms with Gasteiger partial charge in [0, 0.05) is 12.8 Å². The van der Waals surface area contributed by atoms with E-state index < -0.39 is 30.9 Å². The largest absolute Gasteiger partial charge is 0.481 e. The lowest BCUT2D eigenvalue weighted by Crippen LogP contribution is -2.28. The lowest BCUT2D eigenvalue weighted by atomic mass is 9.95. The predicted molar refractivity (Wildman–Crippen MR) is 105 cm³/mol. The smallest absolute Gasteiger partial charge is 0.389 e. The van der Waals surface area contributed by atoms with Crippen LogP contribution in [-0.2, 0) is 16.0 Å². The Morgan fingerprint density at radius 3 is 2.31 bits per heavy atom. The van der Waals surface area contributed by atoms with Gasteiger partial charge in [-0.25, -0.2) is 0 Å². The molecular weight excluding hydrogens is 409 g/mol. The summed E-state index contributed by atoms with van der Waals surface area (Å²) in [5, 5.41) is 14.4. The van der Waals surface area contributed by atoms with Gasteiger partial charge in [0.25, 0.3) is 0 Å². The number of alkyl halides is 3. The Balaban J connectivity index is 0.000000305. The first-order chi connectivity index (χ1) is 13.6. The van der Waals surface area contributed by atoms with Crippen LogP contribution in [0, 0.1) is 5.41 Å². The summed E-state index contributed by atoms with van der Waals surface area (Å²) in [6.45, 7) is 2.56. The highest BCUT2D eigenvalue weighted by Crippen LogP contribution is 2.52. The number of carboxylic acids is 1. The fourth-order valence-corrected chi connectivity index (χ4v) is 3.34. The van der Waals surface area contributed by atoms with Gasteiger partial charge in [-0.3, -0.25) is 9.59 Å². The van der Waals surface area contributed by atoms with E-state index >= 15 is 0 Å². The van der Waals surface area contributed by atoms with Gasteiger partial charge < -0.3 is 15.7 Å². The van der Waals surface area contributed by atoms with E-state index in [1.807, 2.05) is 0 Å². The number of aliphatic carboxylic acids is 1. The van der Waals surface area contributed by atoms with E-state index in [1.165, 1.54) is 50.9 Å². The maximum Gasteiger partial charge on any atom is 0.389 e. The maximum absolute atomic E-state index is 12.0. The molecule has 0 bridgehead atoms. The van der Waals surface area contributed by atoms with Gasteiger partial charge in [-0.1, -0.05) is 17.7 Å². The molecule has 1 aromatic rings. The second kappa shape index (κ2) is 10.3. The molecule has 0 atom stereocenters. The highest BCUT2D eigenvalue weighted by molar-refractivity contribution is 6.33. The lowest BCUT2D eigenvalue weighted by Gasteiger charge is -2.20. The van der Waals surface area contributed by atoms with Crippen molar-refractivity contribution in [3.8, 4) is 0 Å². The monoisotopic (exact) mass is 434 g/mol. The minimum atomic E-state index is -4.40. The van der Waals surface area contributed by atoms with Gasteiger partial charge in [0.15, 0.2) is 0 Å². The molecule has 3 rings (SSSR count). The van der Waals surface area contributed by atoms with E-state index in [1.54, 1.807) is 6.07 Å². The predicted octanol–water partition coefficient (Wildman–Crippen LogP) is 4.79. The zero-order chi connectivity index (χ0) is 21.5. The lowest BCUT2D eigenvalue weighted by molar-refractivity contribution is -0.142. The molecule has 1 amide bonds. The average molecular weight is 435 g/mol. The number of halogens is 4. The third kappa shape index (κ3) is 9.04. The Bertz CT molecular complexity index is 713. The van der Waals surface area contributed by atoms with Crippen molar-refractivity contribution >= 4 is 29.2 Å². The second-order valence-corrected chi connectivity index (χ2v) is 8.03. The Morgan fingerprint density at radius 1 is 1.14 bits per heavy atom. The number of carbonyl (C=O) groups is 2. The number of benzene rings is 1. The minimum Gasteiger partial charge on any atom is -0.481 e. The second-order valence-electron chi connectivity index (χ2n) is 7.62. The van der Waals surface area contributed by atoms with Crippen LogP contribution in [0.15, 0.2) is 18.2 Å². The summed E-state index contributed by atoms with van der Waals surface area (Å²) >= 11 is 5.84. The molecule has 1 saturated carbocycles. The van der Waals surface area contributed by atoms with E-state index in [4.69, 9.17) is 16.7 Å². The molecule has 2 fully saturated rings. The summed E-state index contributed by atoms with van der Waals surface area (Å²) in [6, 6.07) is 4.51. The van der Waals surface area contributed by atoms with Gasteiger partial charge in [-0.05, 0) is 68.3 Å². The van der Waals surface area contributed by atoms with E-state index in [-0.39, 0.29) is 23.6 Å². The van der Waals surface area contributed by atoms with Crippen molar-refractivity contribution in [1.82, 2.24) is 5.32 Å². The molecular formula is C20H26ClF3N2O3. The van der Waals surface area contributed by atoms with Crippen LogP contribution in [-0.4, -0.2) is 36.2 Å². The molecule has 1 aliphatic heterocycles. The van der Waals surface area contributed by atoms with E-state index in [0.717, 1.165) is 5.41 Å². The molecule has 1 heterocycles. The average Bonchev–Trinajstić information content (AvgIpc) is 3.39. The highest BCUT2D eigenvalue weighted by Gasteiger charge is 2.42. The number of anilines is 1. The number of aryl methyl sites for hydroxylation is 1. The van der Waals surface area contributed by atoms with E-state index in [2.05, 4.69) is 10.6 Å². The fraction of sp³-hybridized carbons (Fsp3) is 0.600. The topological polar surface area (TPSA) is 78.4 Å². The van der Waals surface area contributed by atoms with Crippen LogP contribution in [0.2, 0.25) is 5.02 Å². The number of piperidine rings is 1. The Kier molecular flexibility index (Phi) is 8.34. The zero-order valence-corrected chi connectivity index (χ0v) is 16.8. The molecule has 0 unspecified atom stereocenters. The van der Waals surface area contributed by atoms with Crippen LogP contribution in [0.5, 0.6) is 0 Å². The summed E-state index contributed by atoms with van der Waals surface area (Å²) in [6.07, 6.45) is -0.219. The third-order valence-electron chi connectivity index (χ3n) is 5.19. The van der Waals surface area contributed by atoms with Gasteiger partial charge in [-0.2, -0.15) is 13.2 Å². The highest BCUT2D eigenvalue weighted by atomic mass is 35.5. The number of carbonyl (C=O) groups excluding carboxylic acids is 1. The van der Waals surface area contributed by atoms with Crippen molar-refractivity contribution in [2.45, 2.75) is 57.5 Å². The van der Waals surface area contributed by atoms with Crippen LogP contribution in [0.3, 0.4) is 0 Å². The first-order valence-corrected chi connectivity index (χ1v) is 10.0. The summed E-state index contributed by atoms with van der Waals surface area (Å²) in [7, 11) is 0. The SMILES string of the molecule is C1CC2(CCN1)CC2.O=C(O)CCc1ccc(Cl)c(NC(=O)CCC(F)(F)F)c1. The molecule has 162 valence electrons. The molecule has 29 heavy (non-hydrogen) atoms. The first-order valence-electron chi connectivity index (χ1n) is 9.66. The number of carboxylic acid groups (broad SMARTS) is 1. The number of hydrogen-bond donors (Lipinski definition) is 3. The molecule has 9 heteroatoms. The molecule has 2 aliphatic rings. The molecule has 0 radical (unpaired) electrons. The van der Waals surface area contributed by atoms with Gasteiger partial charge in [0.2, 0.25) is 5.91 Å². The van der Waals surface area contributed by atoms with Gasteiger partial charge >= 0.3 is 12.1 Å². The number of rotatable bonds is 6. The van der Waals surface area contributed by atoms with Gasteiger partial charge in [0.1, 0.15) is 0 Å². The fourth-order valence-electron chi connectivity index (χ4n) is 3.18. The van der Waals surface area contributed by atoms with E-state index in [9.17, 15) is 22.8 Å². The molecule has 3 N–H and O–H groups in total. The van der Waals surface area contributed by atoms with Crippen molar-refractivity contribution in [2.75, 3.05) is 18.4 Å². The van der Waals surface area contributed by atoms with Crippen LogP contribution in [0.4, 0.5) is 18.9 Å². The van der Waals surface area contributed by atoms with Crippen molar-refractivity contribution in [2.24, 2.45) is 5.41 Å². The Hall–Kier alpha value is -1.80. The van der Waals surface area contributed by atoms with Crippen molar-refractivity contribution in [1.29, 1.82) is 0 Å². The van der Waals surface area contributed by atoms with Crippen molar-refractivity contribution < 1.29 is 27.9 Å². The van der Waals surface area contributed by atoms with Crippen LogP contribution < -0.4 is 10.6 Å².